The average Bonchev–Trinajstić information content (AvgIpc) is 3.39. The van der Waals surface area contributed by atoms with Crippen molar-refractivity contribution in [3.8, 4) is 33.4 Å². The van der Waals surface area contributed by atoms with Crippen molar-refractivity contribution in [2.75, 3.05) is 0 Å². The van der Waals surface area contributed by atoms with E-state index in [0.717, 1.165) is 0 Å². The second-order valence-electron chi connectivity index (χ2n) is 18.0. The van der Waals surface area contributed by atoms with E-state index in [1.807, 2.05) is 0 Å². The lowest BCUT2D eigenvalue weighted by Gasteiger charge is -2.38. The van der Waals surface area contributed by atoms with Crippen molar-refractivity contribution >= 4 is 54.2 Å². The lowest BCUT2D eigenvalue weighted by Crippen LogP contribution is -2.23. The van der Waals surface area contributed by atoms with Gasteiger partial charge in [-0.05, 0) is 157 Å². The molecule has 0 aliphatic heterocycles. The van der Waals surface area contributed by atoms with Crippen LogP contribution in [0.5, 0.6) is 0 Å². The average molecular weight is 837 g/mol. The van der Waals surface area contributed by atoms with E-state index in [9.17, 15) is 0 Å². The highest BCUT2D eigenvalue weighted by Gasteiger charge is 2.37. The van der Waals surface area contributed by atoms with Crippen molar-refractivity contribution < 1.29 is 0 Å². The maximum atomic E-state index is 2.52. The SMILES string of the molecule is C1=CC2C(=C(c3cccc(-c4ccc5ccccc5c4)c3)c3ccc(-c4ccc5ccccc5c4)cc3C2c2cccc(-c3ccc4ccccc4c3)c2)C=C1c1cccc2ccccc12. The fourth-order valence-corrected chi connectivity index (χ4v) is 11.0. The normalized spacial score (nSPS) is 15.5. The van der Waals surface area contributed by atoms with Crippen LogP contribution in [0.1, 0.15) is 33.7 Å². The van der Waals surface area contributed by atoms with E-state index >= 15 is 0 Å². The molecule has 2 aliphatic carbocycles. The summed E-state index contributed by atoms with van der Waals surface area (Å²) in [7, 11) is 0. The summed E-state index contributed by atoms with van der Waals surface area (Å²) in [5, 5.41) is 10.0. The number of rotatable bonds is 6. The molecule has 0 saturated carbocycles. The molecule has 0 aromatic heterocycles. The molecule has 0 spiro atoms. The van der Waals surface area contributed by atoms with Gasteiger partial charge in [0.05, 0.1) is 0 Å². The minimum Gasteiger partial charge on any atom is -0.0754 e. The van der Waals surface area contributed by atoms with Gasteiger partial charge in [-0.3, -0.25) is 0 Å². The standard InChI is InChI=1S/C66H44/c1-4-16-47-36-52(29-26-43(47)12-1)50-20-9-22-57(39-50)65-62-35-33-56(60-25-11-19-46-15-7-8-24-59(46)60)42-64(62)66(58-23-10-21-51(40-58)53-30-27-44-13-2-5-17-48(44)37-53)61-34-32-55(41-63(61)65)54-31-28-45-14-3-6-18-49(45)38-54/h1-42,62,65H. The first-order valence-corrected chi connectivity index (χ1v) is 23.1. The molecule has 0 heterocycles. The van der Waals surface area contributed by atoms with Crippen molar-refractivity contribution in [2.24, 2.45) is 5.92 Å². The van der Waals surface area contributed by atoms with Crippen LogP contribution in [-0.2, 0) is 0 Å². The van der Waals surface area contributed by atoms with Gasteiger partial charge in [-0.1, -0.05) is 218 Å². The van der Waals surface area contributed by atoms with E-state index in [0.29, 0.717) is 0 Å². The molecule has 2 unspecified atom stereocenters. The zero-order valence-electron chi connectivity index (χ0n) is 36.4. The van der Waals surface area contributed by atoms with Crippen molar-refractivity contribution in [3.63, 3.8) is 0 Å². The molecule has 0 bridgehead atoms. The molecular formula is C66H44. The molecule has 13 rings (SSSR count). The Kier molecular flexibility index (Phi) is 9.10. The zero-order chi connectivity index (χ0) is 43.6. The predicted molar refractivity (Wildman–Crippen MR) is 281 cm³/mol. The minimum atomic E-state index is 0.0600. The van der Waals surface area contributed by atoms with Crippen LogP contribution in [0.4, 0.5) is 0 Å². The number of allylic oxidation sites excluding steroid dienone is 5. The van der Waals surface area contributed by atoms with Gasteiger partial charge in [-0.15, -0.1) is 0 Å². The first-order valence-electron chi connectivity index (χ1n) is 23.1. The quantitative estimate of drug-likeness (QED) is 0.157. The monoisotopic (exact) mass is 836 g/mol. The van der Waals surface area contributed by atoms with Gasteiger partial charge in [0, 0.05) is 11.8 Å². The highest BCUT2D eigenvalue weighted by molar-refractivity contribution is 6.00. The Hall–Kier alpha value is -8.32. The number of fused-ring (bicyclic) bond motifs is 6. The van der Waals surface area contributed by atoms with Gasteiger partial charge < -0.3 is 0 Å². The molecule has 11 aromatic rings. The summed E-state index contributed by atoms with van der Waals surface area (Å²) in [5.41, 5.74) is 17.7. The fourth-order valence-electron chi connectivity index (χ4n) is 11.0. The molecule has 2 atom stereocenters. The van der Waals surface area contributed by atoms with E-state index < -0.39 is 0 Å². The van der Waals surface area contributed by atoms with Crippen molar-refractivity contribution in [2.45, 2.75) is 5.92 Å². The minimum absolute atomic E-state index is 0.0600. The van der Waals surface area contributed by atoms with Crippen LogP contribution in [-0.4, -0.2) is 0 Å². The zero-order valence-corrected chi connectivity index (χ0v) is 36.4. The number of hydrogen-bond donors (Lipinski definition) is 0. The summed E-state index contributed by atoms with van der Waals surface area (Å²) >= 11 is 0. The van der Waals surface area contributed by atoms with Crippen LogP contribution in [0.15, 0.2) is 260 Å². The van der Waals surface area contributed by atoms with Crippen LogP contribution in [0.25, 0.3) is 87.6 Å². The highest BCUT2D eigenvalue weighted by atomic mass is 14.4. The number of hydrogen-bond acceptors (Lipinski definition) is 0. The Balaban J connectivity index is 1.05. The third-order valence-electron chi connectivity index (χ3n) is 14.2. The highest BCUT2D eigenvalue weighted by Crippen LogP contribution is 2.53. The third-order valence-corrected chi connectivity index (χ3v) is 14.2. The Bertz CT molecular complexity index is 3830. The molecule has 0 fully saturated rings. The molecule has 0 amide bonds. The van der Waals surface area contributed by atoms with E-state index in [2.05, 4.69) is 255 Å². The van der Waals surface area contributed by atoms with Crippen LogP contribution in [0.2, 0.25) is 0 Å². The largest absolute Gasteiger partial charge is 0.0754 e. The lowest BCUT2D eigenvalue weighted by atomic mass is 9.65. The first kappa shape index (κ1) is 38.2. The molecule has 0 saturated heterocycles. The summed E-state index contributed by atoms with van der Waals surface area (Å²) < 4.78 is 0. The van der Waals surface area contributed by atoms with E-state index in [1.165, 1.54) is 121 Å². The molecule has 11 aromatic carbocycles. The molecular weight excluding hydrogens is 793 g/mol. The fraction of sp³-hybridized carbons (Fsp3) is 0.0303. The molecule has 0 nitrogen and oxygen atoms in total. The van der Waals surface area contributed by atoms with Gasteiger partial charge >= 0.3 is 0 Å². The van der Waals surface area contributed by atoms with Crippen LogP contribution in [0, 0.1) is 5.92 Å². The predicted octanol–water partition coefficient (Wildman–Crippen LogP) is 17.5. The second-order valence-corrected chi connectivity index (χ2v) is 18.0. The summed E-state index contributed by atoms with van der Waals surface area (Å²) in [6.07, 6.45) is 7.43. The molecule has 308 valence electrons. The maximum Gasteiger partial charge on any atom is 0.0200 e. The van der Waals surface area contributed by atoms with Gasteiger partial charge in [-0.2, -0.15) is 0 Å². The van der Waals surface area contributed by atoms with Gasteiger partial charge in [-0.25, -0.2) is 0 Å². The van der Waals surface area contributed by atoms with Crippen LogP contribution < -0.4 is 0 Å². The van der Waals surface area contributed by atoms with Gasteiger partial charge in [0.1, 0.15) is 0 Å². The summed E-state index contributed by atoms with van der Waals surface area (Å²) in [4.78, 5) is 0. The van der Waals surface area contributed by atoms with Crippen molar-refractivity contribution in [1.29, 1.82) is 0 Å². The van der Waals surface area contributed by atoms with Gasteiger partial charge in [0.2, 0.25) is 0 Å². The summed E-state index contributed by atoms with van der Waals surface area (Å²) in [5.74, 6) is 0.138. The lowest BCUT2D eigenvalue weighted by molar-refractivity contribution is 0.650. The summed E-state index contributed by atoms with van der Waals surface area (Å²) in [6, 6.07) is 88.0. The van der Waals surface area contributed by atoms with Crippen molar-refractivity contribution in [3.05, 3.63) is 288 Å². The third kappa shape index (κ3) is 6.61. The topological polar surface area (TPSA) is 0 Å². The number of benzene rings is 11. The molecule has 0 radical (unpaired) electrons. The molecule has 0 heteroatoms. The molecule has 66 heavy (non-hydrogen) atoms. The van der Waals surface area contributed by atoms with Gasteiger partial charge in [0.15, 0.2) is 0 Å². The Morgan fingerprint density at radius 1 is 0.303 bits per heavy atom. The van der Waals surface area contributed by atoms with Gasteiger partial charge in [0.25, 0.3) is 0 Å². The van der Waals surface area contributed by atoms with E-state index in [-0.39, 0.29) is 11.8 Å². The maximum absolute atomic E-state index is 2.52. The second kappa shape index (κ2) is 15.7. The Labute approximate surface area is 385 Å². The van der Waals surface area contributed by atoms with Crippen LogP contribution in [0.3, 0.4) is 0 Å². The van der Waals surface area contributed by atoms with Crippen LogP contribution >= 0.6 is 0 Å². The smallest absolute Gasteiger partial charge is 0.0200 e. The van der Waals surface area contributed by atoms with E-state index in [4.69, 9.17) is 0 Å². The summed E-state index contributed by atoms with van der Waals surface area (Å²) in [6.45, 7) is 0. The Morgan fingerprint density at radius 2 is 0.788 bits per heavy atom. The van der Waals surface area contributed by atoms with Crippen molar-refractivity contribution in [1.82, 2.24) is 0 Å². The molecule has 2 aliphatic rings. The molecule has 0 N–H and O–H groups in total. The Morgan fingerprint density at radius 3 is 1.44 bits per heavy atom. The first-order chi connectivity index (χ1) is 32.7. The van der Waals surface area contributed by atoms with E-state index in [1.54, 1.807) is 0 Å².